The SMILES string of the molecule is CSc1n[nH]c(/N=C/c2ccccc2)c1C(=O)Nc1ccccc1. The number of anilines is 1. The Labute approximate surface area is 144 Å². The van der Waals surface area contributed by atoms with Crippen LogP contribution in [0.5, 0.6) is 0 Å². The first-order valence-corrected chi connectivity index (χ1v) is 8.58. The number of carbonyl (C=O) groups excluding carboxylic acids is 1. The molecule has 1 heterocycles. The average Bonchev–Trinajstić information content (AvgIpc) is 3.05. The highest BCUT2D eigenvalue weighted by Gasteiger charge is 2.19. The highest BCUT2D eigenvalue weighted by Crippen LogP contribution is 2.27. The summed E-state index contributed by atoms with van der Waals surface area (Å²) in [5.74, 6) is 0.205. The second-order valence-corrected chi connectivity index (χ2v) is 5.74. The molecule has 0 spiro atoms. The number of H-pyrrole nitrogens is 1. The normalized spacial score (nSPS) is 10.9. The standard InChI is InChI=1S/C18H16N4OS/c1-24-18-15(17(23)20-14-10-6-3-7-11-14)16(21-22-18)19-12-13-8-4-2-5-9-13/h2-12H,1H3,(H,20,23)(H,21,22)/b19-12+. The van der Waals surface area contributed by atoms with Crippen LogP contribution in [0.1, 0.15) is 15.9 Å². The van der Waals surface area contributed by atoms with Crippen LogP contribution in [0.25, 0.3) is 0 Å². The van der Waals surface area contributed by atoms with Crippen LogP contribution in [0.2, 0.25) is 0 Å². The molecule has 0 atom stereocenters. The number of para-hydroxylation sites is 1. The summed E-state index contributed by atoms with van der Waals surface area (Å²) >= 11 is 1.40. The van der Waals surface area contributed by atoms with E-state index in [2.05, 4.69) is 20.5 Å². The summed E-state index contributed by atoms with van der Waals surface area (Å²) in [7, 11) is 0. The molecule has 0 aliphatic rings. The fourth-order valence-electron chi connectivity index (χ4n) is 2.16. The van der Waals surface area contributed by atoms with Crippen molar-refractivity contribution >= 4 is 35.4 Å². The van der Waals surface area contributed by atoms with Gasteiger partial charge in [0.05, 0.1) is 0 Å². The van der Waals surface area contributed by atoms with E-state index in [1.165, 1.54) is 11.8 Å². The van der Waals surface area contributed by atoms with Gasteiger partial charge in [-0.15, -0.1) is 11.8 Å². The molecule has 0 saturated heterocycles. The topological polar surface area (TPSA) is 70.1 Å². The molecule has 0 aliphatic heterocycles. The summed E-state index contributed by atoms with van der Waals surface area (Å²) in [6, 6.07) is 19.0. The van der Waals surface area contributed by atoms with E-state index >= 15 is 0 Å². The fourth-order valence-corrected chi connectivity index (χ4v) is 2.69. The molecule has 0 radical (unpaired) electrons. The quantitative estimate of drug-likeness (QED) is 0.543. The molecular weight excluding hydrogens is 320 g/mol. The van der Waals surface area contributed by atoms with E-state index < -0.39 is 0 Å². The Morgan fingerprint density at radius 1 is 1.12 bits per heavy atom. The second kappa shape index (κ2) is 7.61. The van der Waals surface area contributed by atoms with E-state index in [4.69, 9.17) is 0 Å². The van der Waals surface area contributed by atoms with Gasteiger partial charge in [-0.1, -0.05) is 48.5 Å². The Balaban J connectivity index is 1.87. The molecule has 3 rings (SSSR count). The third-order valence-corrected chi connectivity index (χ3v) is 3.99. The maximum atomic E-state index is 12.6. The van der Waals surface area contributed by atoms with E-state index in [-0.39, 0.29) is 5.91 Å². The number of carbonyl (C=O) groups is 1. The monoisotopic (exact) mass is 336 g/mol. The smallest absolute Gasteiger partial charge is 0.262 e. The van der Waals surface area contributed by atoms with Crippen LogP contribution in [0.4, 0.5) is 11.5 Å². The van der Waals surface area contributed by atoms with Crippen molar-refractivity contribution in [2.75, 3.05) is 11.6 Å². The van der Waals surface area contributed by atoms with Crippen molar-refractivity contribution in [3.05, 3.63) is 71.8 Å². The molecule has 0 saturated carbocycles. The number of amides is 1. The van der Waals surface area contributed by atoms with Crippen LogP contribution < -0.4 is 5.32 Å². The van der Waals surface area contributed by atoms with Crippen LogP contribution >= 0.6 is 11.8 Å². The van der Waals surface area contributed by atoms with Crippen molar-refractivity contribution in [1.82, 2.24) is 10.2 Å². The number of hydrogen-bond donors (Lipinski definition) is 2. The van der Waals surface area contributed by atoms with Crippen molar-refractivity contribution in [3.8, 4) is 0 Å². The highest BCUT2D eigenvalue weighted by atomic mass is 32.2. The van der Waals surface area contributed by atoms with Crippen LogP contribution in [0, 0.1) is 0 Å². The van der Waals surface area contributed by atoms with Crippen molar-refractivity contribution in [2.24, 2.45) is 4.99 Å². The van der Waals surface area contributed by atoms with E-state index in [0.717, 1.165) is 11.3 Å². The molecule has 1 amide bonds. The summed E-state index contributed by atoms with van der Waals surface area (Å²) in [6.07, 6.45) is 3.58. The number of thioether (sulfide) groups is 1. The van der Waals surface area contributed by atoms with E-state index in [9.17, 15) is 4.79 Å². The van der Waals surface area contributed by atoms with Crippen molar-refractivity contribution in [1.29, 1.82) is 0 Å². The van der Waals surface area contributed by atoms with Gasteiger partial charge in [0.25, 0.3) is 5.91 Å². The predicted octanol–water partition coefficient (Wildman–Crippen LogP) is 4.13. The van der Waals surface area contributed by atoms with Gasteiger partial charge >= 0.3 is 0 Å². The third kappa shape index (κ3) is 3.72. The molecular formula is C18H16N4OS. The van der Waals surface area contributed by atoms with Gasteiger partial charge in [0.1, 0.15) is 10.6 Å². The lowest BCUT2D eigenvalue weighted by Crippen LogP contribution is -2.12. The molecule has 6 heteroatoms. The maximum absolute atomic E-state index is 12.6. The van der Waals surface area contributed by atoms with E-state index in [0.29, 0.717) is 16.4 Å². The van der Waals surface area contributed by atoms with E-state index in [1.54, 1.807) is 6.21 Å². The summed E-state index contributed by atoms with van der Waals surface area (Å²) in [5.41, 5.74) is 2.12. The maximum Gasteiger partial charge on any atom is 0.262 e. The minimum Gasteiger partial charge on any atom is -0.322 e. The summed E-state index contributed by atoms with van der Waals surface area (Å²) < 4.78 is 0. The molecule has 0 unspecified atom stereocenters. The molecule has 1 aromatic heterocycles. The van der Waals surface area contributed by atoms with Gasteiger partial charge in [-0.25, -0.2) is 4.99 Å². The summed E-state index contributed by atoms with van der Waals surface area (Å²) in [4.78, 5) is 17.0. The summed E-state index contributed by atoms with van der Waals surface area (Å²) in [5, 5.41) is 10.5. The number of aromatic nitrogens is 2. The Bertz CT molecular complexity index is 844. The van der Waals surface area contributed by atoms with Crippen LogP contribution in [-0.2, 0) is 0 Å². The van der Waals surface area contributed by atoms with Gasteiger partial charge < -0.3 is 5.32 Å². The molecule has 24 heavy (non-hydrogen) atoms. The molecule has 120 valence electrons. The van der Waals surface area contributed by atoms with Crippen molar-refractivity contribution < 1.29 is 4.79 Å². The molecule has 0 fully saturated rings. The summed E-state index contributed by atoms with van der Waals surface area (Å²) in [6.45, 7) is 0. The Morgan fingerprint density at radius 2 is 1.79 bits per heavy atom. The number of nitrogens with zero attached hydrogens (tertiary/aromatic N) is 2. The molecule has 0 aliphatic carbocycles. The Morgan fingerprint density at radius 3 is 2.46 bits per heavy atom. The number of benzene rings is 2. The third-order valence-electron chi connectivity index (χ3n) is 3.31. The number of aliphatic imine (C=N–C) groups is 1. The molecule has 0 bridgehead atoms. The number of nitrogens with one attached hydrogen (secondary N) is 2. The molecule has 2 N–H and O–H groups in total. The lowest BCUT2D eigenvalue weighted by atomic mass is 10.2. The van der Waals surface area contributed by atoms with Crippen LogP contribution in [0.15, 0.2) is 70.7 Å². The first-order valence-electron chi connectivity index (χ1n) is 7.36. The van der Waals surface area contributed by atoms with Gasteiger partial charge in [-0.2, -0.15) is 5.10 Å². The van der Waals surface area contributed by atoms with Crippen molar-refractivity contribution in [3.63, 3.8) is 0 Å². The van der Waals surface area contributed by atoms with Crippen LogP contribution in [0.3, 0.4) is 0 Å². The lowest BCUT2D eigenvalue weighted by molar-refractivity contribution is 0.102. The van der Waals surface area contributed by atoms with Crippen LogP contribution in [-0.4, -0.2) is 28.6 Å². The zero-order valence-electron chi connectivity index (χ0n) is 13.1. The first-order chi connectivity index (χ1) is 11.8. The second-order valence-electron chi connectivity index (χ2n) is 4.95. The fraction of sp³-hybridized carbons (Fsp3) is 0.0556. The lowest BCUT2D eigenvalue weighted by Gasteiger charge is -2.05. The van der Waals surface area contributed by atoms with Gasteiger partial charge in [0.15, 0.2) is 5.82 Å². The van der Waals surface area contributed by atoms with E-state index in [1.807, 2.05) is 66.9 Å². The molecule has 3 aromatic rings. The number of hydrogen-bond acceptors (Lipinski definition) is 4. The minimum atomic E-state index is -0.237. The zero-order chi connectivity index (χ0) is 16.8. The number of rotatable bonds is 5. The molecule has 5 nitrogen and oxygen atoms in total. The first kappa shape index (κ1) is 16.0. The van der Waals surface area contributed by atoms with Gasteiger partial charge in [0, 0.05) is 11.9 Å². The van der Waals surface area contributed by atoms with Gasteiger partial charge in [-0.3, -0.25) is 9.89 Å². The van der Waals surface area contributed by atoms with Gasteiger partial charge in [-0.05, 0) is 24.0 Å². The Hall–Kier alpha value is -2.86. The van der Waals surface area contributed by atoms with Crippen molar-refractivity contribution in [2.45, 2.75) is 5.03 Å². The average molecular weight is 336 g/mol. The zero-order valence-corrected chi connectivity index (χ0v) is 13.9. The largest absolute Gasteiger partial charge is 0.322 e. The molecule has 2 aromatic carbocycles. The minimum absolute atomic E-state index is 0.237. The van der Waals surface area contributed by atoms with Gasteiger partial charge in [0.2, 0.25) is 0 Å². The predicted molar refractivity (Wildman–Crippen MR) is 98.5 cm³/mol. The number of aromatic amines is 1. The highest BCUT2D eigenvalue weighted by molar-refractivity contribution is 7.98. The Kier molecular flexibility index (Phi) is 5.08.